The molecule has 0 aliphatic heterocycles. The number of nitrogens with zero attached hydrogens (tertiary/aromatic N) is 2. The third kappa shape index (κ3) is 3.72. The lowest BCUT2D eigenvalue weighted by Crippen LogP contribution is -2.15. The number of hydrogen-bond acceptors (Lipinski definition) is 3. The largest absolute Gasteiger partial charge is 0.486 e. The zero-order valence-electron chi connectivity index (χ0n) is 14.3. The average Bonchev–Trinajstić information content (AvgIpc) is 2.93. The summed E-state index contributed by atoms with van der Waals surface area (Å²) in [5.74, 6) is -1.87. The Morgan fingerprint density at radius 3 is 2.69 bits per heavy atom. The van der Waals surface area contributed by atoms with Gasteiger partial charge in [0.25, 0.3) is 5.91 Å². The van der Waals surface area contributed by atoms with Gasteiger partial charge in [-0.05, 0) is 25.1 Å². The second kappa shape index (κ2) is 7.35. The Bertz CT molecular complexity index is 954. The van der Waals surface area contributed by atoms with E-state index >= 15 is 0 Å². The highest BCUT2D eigenvalue weighted by atomic mass is 19.1. The molecule has 0 radical (unpaired) electrons. The number of ether oxygens (including phenoxy) is 1. The summed E-state index contributed by atoms with van der Waals surface area (Å²) >= 11 is 0. The molecule has 0 bridgehead atoms. The van der Waals surface area contributed by atoms with Gasteiger partial charge in [0.15, 0.2) is 11.6 Å². The molecule has 26 heavy (non-hydrogen) atoms. The molecule has 134 valence electrons. The van der Waals surface area contributed by atoms with E-state index in [1.165, 1.54) is 6.07 Å². The van der Waals surface area contributed by atoms with E-state index in [1.54, 1.807) is 42.2 Å². The van der Waals surface area contributed by atoms with Crippen LogP contribution < -0.4 is 10.1 Å². The topological polar surface area (TPSA) is 56.1 Å². The van der Waals surface area contributed by atoms with E-state index in [2.05, 4.69) is 10.4 Å². The van der Waals surface area contributed by atoms with Gasteiger partial charge in [0.1, 0.15) is 12.4 Å². The highest BCUT2D eigenvalue weighted by Crippen LogP contribution is 2.21. The SMILES string of the molecule is Cc1c(NC(=O)c2ccccc2COc2ccc(F)cc2F)cnn1C. The summed E-state index contributed by atoms with van der Waals surface area (Å²) in [4.78, 5) is 12.6. The Balaban J connectivity index is 1.77. The molecular formula is C19H17F2N3O2. The highest BCUT2D eigenvalue weighted by molar-refractivity contribution is 6.05. The fourth-order valence-electron chi connectivity index (χ4n) is 2.43. The van der Waals surface area contributed by atoms with Gasteiger partial charge in [-0.3, -0.25) is 9.48 Å². The Hall–Kier alpha value is -3.22. The molecule has 1 heterocycles. The van der Waals surface area contributed by atoms with Gasteiger partial charge in [0.2, 0.25) is 0 Å². The van der Waals surface area contributed by atoms with Crippen LogP contribution in [0.25, 0.3) is 0 Å². The van der Waals surface area contributed by atoms with Crippen molar-refractivity contribution in [2.45, 2.75) is 13.5 Å². The first-order valence-electron chi connectivity index (χ1n) is 7.91. The van der Waals surface area contributed by atoms with Crippen LogP contribution in [0.3, 0.4) is 0 Å². The van der Waals surface area contributed by atoms with Crippen LogP contribution in [-0.2, 0) is 13.7 Å². The molecule has 1 aromatic heterocycles. The minimum absolute atomic E-state index is 0.0296. The maximum atomic E-state index is 13.7. The lowest BCUT2D eigenvalue weighted by atomic mass is 10.1. The van der Waals surface area contributed by atoms with Crippen LogP contribution in [0.1, 0.15) is 21.6 Å². The van der Waals surface area contributed by atoms with Gasteiger partial charge in [-0.25, -0.2) is 8.78 Å². The Kier molecular flexibility index (Phi) is 4.97. The second-order valence-electron chi connectivity index (χ2n) is 5.74. The molecule has 5 nitrogen and oxygen atoms in total. The summed E-state index contributed by atoms with van der Waals surface area (Å²) in [6.45, 7) is 1.81. The van der Waals surface area contributed by atoms with Crippen molar-refractivity contribution in [3.8, 4) is 5.75 Å². The number of aromatic nitrogens is 2. The minimum Gasteiger partial charge on any atom is -0.486 e. The van der Waals surface area contributed by atoms with E-state index in [-0.39, 0.29) is 18.3 Å². The van der Waals surface area contributed by atoms with Crippen molar-refractivity contribution >= 4 is 11.6 Å². The molecule has 0 saturated carbocycles. The predicted octanol–water partition coefficient (Wildman–Crippen LogP) is 3.84. The number of rotatable bonds is 5. The maximum Gasteiger partial charge on any atom is 0.256 e. The first kappa shape index (κ1) is 17.6. The number of nitrogens with one attached hydrogen (secondary N) is 1. The molecule has 0 aliphatic carbocycles. The number of benzene rings is 2. The molecule has 3 rings (SSSR count). The van der Waals surface area contributed by atoms with Crippen LogP contribution in [0, 0.1) is 18.6 Å². The standard InChI is InChI=1S/C19H17F2N3O2/c1-12-17(10-22-24(12)2)23-19(25)15-6-4-3-5-13(15)11-26-18-8-7-14(20)9-16(18)21/h3-10H,11H2,1-2H3,(H,23,25). The minimum atomic E-state index is -0.794. The van der Waals surface area contributed by atoms with Crippen LogP contribution >= 0.6 is 0 Å². The third-order valence-corrected chi connectivity index (χ3v) is 4.02. The lowest BCUT2D eigenvalue weighted by Gasteiger charge is -2.12. The summed E-state index contributed by atoms with van der Waals surface area (Å²) in [6, 6.07) is 9.93. The van der Waals surface area contributed by atoms with Gasteiger partial charge in [-0.1, -0.05) is 18.2 Å². The summed E-state index contributed by atoms with van der Waals surface area (Å²) in [5, 5.41) is 6.89. The molecule has 2 aromatic carbocycles. The Morgan fingerprint density at radius 1 is 1.23 bits per heavy atom. The Morgan fingerprint density at radius 2 is 2.00 bits per heavy atom. The molecule has 0 aliphatic rings. The van der Waals surface area contributed by atoms with E-state index in [0.717, 1.165) is 17.8 Å². The number of carbonyl (C=O) groups is 1. The first-order valence-corrected chi connectivity index (χ1v) is 7.91. The molecular weight excluding hydrogens is 340 g/mol. The van der Waals surface area contributed by atoms with Crippen LogP contribution in [0.5, 0.6) is 5.75 Å². The number of carbonyl (C=O) groups excluding carboxylic acids is 1. The smallest absolute Gasteiger partial charge is 0.256 e. The molecule has 0 fully saturated rings. The van der Waals surface area contributed by atoms with E-state index in [9.17, 15) is 13.6 Å². The zero-order chi connectivity index (χ0) is 18.7. The van der Waals surface area contributed by atoms with Crippen LogP contribution in [0.2, 0.25) is 0 Å². The van der Waals surface area contributed by atoms with Crippen molar-refractivity contribution in [3.63, 3.8) is 0 Å². The highest BCUT2D eigenvalue weighted by Gasteiger charge is 2.15. The summed E-state index contributed by atoms with van der Waals surface area (Å²) in [5.41, 5.74) is 2.41. The fourth-order valence-corrected chi connectivity index (χ4v) is 2.43. The zero-order valence-corrected chi connectivity index (χ0v) is 14.3. The summed E-state index contributed by atoms with van der Waals surface area (Å²) in [6.07, 6.45) is 1.57. The van der Waals surface area contributed by atoms with Gasteiger partial charge < -0.3 is 10.1 Å². The van der Waals surface area contributed by atoms with Crippen molar-refractivity contribution in [2.24, 2.45) is 7.05 Å². The van der Waals surface area contributed by atoms with Crippen LogP contribution in [-0.4, -0.2) is 15.7 Å². The average molecular weight is 357 g/mol. The summed E-state index contributed by atoms with van der Waals surface area (Å²) < 4.78 is 33.7. The molecule has 0 spiro atoms. The molecule has 0 atom stereocenters. The molecule has 7 heteroatoms. The number of amides is 1. The number of aryl methyl sites for hydroxylation is 1. The van der Waals surface area contributed by atoms with Crippen molar-refractivity contribution in [1.29, 1.82) is 0 Å². The number of hydrogen-bond donors (Lipinski definition) is 1. The third-order valence-electron chi connectivity index (χ3n) is 4.02. The summed E-state index contributed by atoms with van der Waals surface area (Å²) in [7, 11) is 1.78. The predicted molar refractivity (Wildman–Crippen MR) is 93.0 cm³/mol. The first-order chi connectivity index (χ1) is 12.5. The Labute approximate surface area is 149 Å². The van der Waals surface area contributed by atoms with Crippen molar-refractivity contribution in [1.82, 2.24) is 9.78 Å². The van der Waals surface area contributed by atoms with Crippen molar-refractivity contribution in [3.05, 3.63) is 77.1 Å². The molecule has 3 aromatic rings. The van der Waals surface area contributed by atoms with Crippen LogP contribution in [0.4, 0.5) is 14.5 Å². The van der Waals surface area contributed by atoms with E-state index in [1.807, 2.05) is 6.92 Å². The second-order valence-corrected chi connectivity index (χ2v) is 5.74. The molecule has 1 N–H and O–H groups in total. The molecule has 0 saturated heterocycles. The van der Waals surface area contributed by atoms with E-state index in [4.69, 9.17) is 4.74 Å². The van der Waals surface area contributed by atoms with Gasteiger partial charge in [0.05, 0.1) is 17.6 Å². The van der Waals surface area contributed by atoms with Gasteiger partial charge in [-0.15, -0.1) is 0 Å². The number of anilines is 1. The van der Waals surface area contributed by atoms with Gasteiger partial charge in [-0.2, -0.15) is 5.10 Å². The molecule has 1 amide bonds. The van der Waals surface area contributed by atoms with Crippen LogP contribution in [0.15, 0.2) is 48.7 Å². The van der Waals surface area contributed by atoms with Gasteiger partial charge in [0, 0.05) is 24.2 Å². The van der Waals surface area contributed by atoms with E-state index < -0.39 is 11.6 Å². The number of halogens is 2. The van der Waals surface area contributed by atoms with E-state index in [0.29, 0.717) is 16.8 Å². The van der Waals surface area contributed by atoms with Crippen molar-refractivity contribution in [2.75, 3.05) is 5.32 Å². The molecule has 0 unspecified atom stereocenters. The maximum absolute atomic E-state index is 13.7. The lowest BCUT2D eigenvalue weighted by molar-refractivity contribution is 0.102. The monoisotopic (exact) mass is 357 g/mol. The van der Waals surface area contributed by atoms with Crippen molar-refractivity contribution < 1.29 is 18.3 Å². The fraction of sp³-hybridized carbons (Fsp3) is 0.158. The quantitative estimate of drug-likeness (QED) is 0.755. The normalized spacial score (nSPS) is 10.6. The van der Waals surface area contributed by atoms with Gasteiger partial charge >= 0.3 is 0 Å².